The number of benzene rings is 1. The average Bonchev–Trinajstić information content (AvgIpc) is 3.07. The van der Waals surface area contributed by atoms with Crippen molar-refractivity contribution in [1.29, 1.82) is 0 Å². The molecule has 0 aliphatic heterocycles. The lowest BCUT2D eigenvalue weighted by atomic mass is 10.1. The Balaban J connectivity index is 1.66. The van der Waals surface area contributed by atoms with Gasteiger partial charge in [-0.3, -0.25) is 4.79 Å². The molecule has 0 aliphatic rings. The van der Waals surface area contributed by atoms with Gasteiger partial charge in [-0.2, -0.15) is 0 Å². The number of hydrogen-bond donors (Lipinski definition) is 1. The van der Waals surface area contributed by atoms with E-state index in [0.717, 1.165) is 16.8 Å². The summed E-state index contributed by atoms with van der Waals surface area (Å²) in [6, 6.07) is 8.63. The molecule has 0 radical (unpaired) electrons. The zero-order valence-electron chi connectivity index (χ0n) is 16.8. The fraction of sp³-hybridized carbons (Fsp3) is 0.286. The van der Waals surface area contributed by atoms with Crippen LogP contribution in [0, 0.1) is 13.8 Å². The van der Waals surface area contributed by atoms with Gasteiger partial charge in [0.1, 0.15) is 12.4 Å². The Morgan fingerprint density at radius 2 is 1.93 bits per heavy atom. The maximum absolute atomic E-state index is 12.5. The van der Waals surface area contributed by atoms with Gasteiger partial charge in [0.15, 0.2) is 11.5 Å². The minimum Gasteiger partial charge on any atom is -0.493 e. The largest absolute Gasteiger partial charge is 0.493 e. The Bertz CT molecular complexity index is 980. The predicted molar refractivity (Wildman–Crippen MR) is 105 cm³/mol. The summed E-state index contributed by atoms with van der Waals surface area (Å²) in [5.41, 5.74) is 3.02. The first-order chi connectivity index (χ1) is 14.0. The third-order valence-electron chi connectivity index (χ3n) is 4.44. The topological polar surface area (TPSA) is 95.7 Å². The van der Waals surface area contributed by atoms with E-state index in [1.54, 1.807) is 37.6 Å². The van der Waals surface area contributed by atoms with Gasteiger partial charge in [-0.25, -0.2) is 4.98 Å². The van der Waals surface area contributed by atoms with E-state index in [4.69, 9.17) is 18.7 Å². The Morgan fingerprint density at radius 3 is 2.62 bits per heavy atom. The number of carbonyl (C=O) groups excluding carboxylic acids is 1. The van der Waals surface area contributed by atoms with Crippen LogP contribution in [0.25, 0.3) is 0 Å². The normalized spacial score (nSPS) is 10.5. The number of ether oxygens (including phenoxy) is 3. The molecule has 1 amide bonds. The van der Waals surface area contributed by atoms with Gasteiger partial charge in [0, 0.05) is 24.4 Å². The number of carbonyl (C=O) groups is 1. The Kier molecular flexibility index (Phi) is 6.33. The molecule has 3 aromatic rings. The van der Waals surface area contributed by atoms with E-state index in [2.05, 4.69) is 15.5 Å². The average molecular weight is 397 g/mol. The van der Waals surface area contributed by atoms with E-state index < -0.39 is 0 Å². The number of nitrogens with one attached hydrogen (secondary N) is 1. The van der Waals surface area contributed by atoms with Gasteiger partial charge in [0.2, 0.25) is 5.88 Å². The van der Waals surface area contributed by atoms with Crippen molar-refractivity contribution in [3.8, 4) is 17.4 Å². The van der Waals surface area contributed by atoms with Crippen molar-refractivity contribution in [2.75, 3.05) is 14.2 Å². The van der Waals surface area contributed by atoms with Crippen molar-refractivity contribution in [2.45, 2.75) is 27.0 Å². The monoisotopic (exact) mass is 397 g/mol. The lowest BCUT2D eigenvalue weighted by Gasteiger charge is -2.12. The number of aromatic nitrogens is 2. The molecule has 0 unspecified atom stereocenters. The minimum atomic E-state index is -0.226. The summed E-state index contributed by atoms with van der Waals surface area (Å²) in [4.78, 5) is 16.6. The Morgan fingerprint density at radius 1 is 1.10 bits per heavy atom. The van der Waals surface area contributed by atoms with Crippen molar-refractivity contribution in [2.24, 2.45) is 0 Å². The predicted octanol–water partition coefficient (Wildman–Crippen LogP) is 3.21. The lowest BCUT2D eigenvalue weighted by Crippen LogP contribution is -2.22. The van der Waals surface area contributed by atoms with Crippen molar-refractivity contribution in [1.82, 2.24) is 15.5 Å². The zero-order chi connectivity index (χ0) is 20.8. The summed E-state index contributed by atoms with van der Waals surface area (Å²) in [7, 11) is 3.08. The van der Waals surface area contributed by atoms with Gasteiger partial charge in [0.05, 0.1) is 25.5 Å². The highest BCUT2D eigenvalue weighted by atomic mass is 16.5. The van der Waals surface area contributed by atoms with Crippen LogP contribution in [-0.4, -0.2) is 30.3 Å². The van der Waals surface area contributed by atoms with E-state index in [-0.39, 0.29) is 5.91 Å². The molecule has 3 rings (SSSR count). The van der Waals surface area contributed by atoms with Crippen LogP contribution in [0.5, 0.6) is 17.4 Å². The first-order valence-corrected chi connectivity index (χ1v) is 9.01. The number of pyridine rings is 1. The summed E-state index contributed by atoms with van der Waals surface area (Å²) >= 11 is 0. The van der Waals surface area contributed by atoms with Crippen LogP contribution in [0.3, 0.4) is 0 Å². The van der Waals surface area contributed by atoms with Crippen LogP contribution < -0.4 is 19.5 Å². The van der Waals surface area contributed by atoms with Gasteiger partial charge in [-0.05, 0) is 43.7 Å². The zero-order valence-corrected chi connectivity index (χ0v) is 16.8. The number of amides is 1. The molecule has 1 aromatic carbocycles. The summed E-state index contributed by atoms with van der Waals surface area (Å²) < 4.78 is 21.5. The van der Waals surface area contributed by atoms with Gasteiger partial charge in [-0.15, -0.1) is 0 Å². The molecule has 0 saturated carbocycles. The first kappa shape index (κ1) is 20.2. The van der Waals surface area contributed by atoms with E-state index in [9.17, 15) is 4.79 Å². The molecule has 2 heterocycles. The van der Waals surface area contributed by atoms with Gasteiger partial charge >= 0.3 is 0 Å². The molecule has 29 heavy (non-hydrogen) atoms. The number of methoxy groups -OCH3 is 2. The van der Waals surface area contributed by atoms with Crippen molar-refractivity contribution < 1.29 is 23.5 Å². The fourth-order valence-corrected chi connectivity index (χ4v) is 2.74. The molecule has 0 spiro atoms. The molecule has 0 saturated heterocycles. The highest BCUT2D eigenvalue weighted by Crippen LogP contribution is 2.29. The van der Waals surface area contributed by atoms with Gasteiger partial charge in [0.25, 0.3) is 5.91 Å². The number of aryl methyl sites for hydroxylation is 2. The van der Waals surface area contributed by atoms with Crippen LogP contribution in [0.1, 0.15) is 32.9 Å². The van der Waals surface area contributed by atoms with E-state index in [1.807, 2.05) is 19.9 Å². The molecule has 2 aromatic heterocycles. The van der Waals surface area contributed by atoms with E-state index in [0.29, 0.717) is 41.9 Å². The molecule has 8 heteroatoms. The summed E-state index contributed by atoms with van der Waals surface area (Å²) in [5, 5.41) is 6.78. The molecular weight excluding hydrogens is 374 g/mol. The van der Waals surface area contributed by atoms with Crippen LogP contribution in [-0.2, 0) is 13.2 Å². The number of hydrogen-bond acceptors (Lipinski definition) is 7. The highest BCUT2D eigenvalue weighted by Gasteiger charge is 2.14. The van der Waals surface area contributed by atoms with Crippen LogP contribution in [0.15, 0.2) is 41.1 Å². The number of nitrogens with zero attached hydrogens (tertiary/aromatic N) is 2. The lowest BCUT2D eigenvalue weighted by molar-refractivity contribution is 0.0950. The van der Waals surface area contributed by atoms with Crippen molar-refractivity contribution in [3.63, 3.8) is 0 Å². The minimum absolute atomic E-state index is 0.226. The molecular formula is C21H23N3O5. The summed E-state index contributed by atoms with van der Waals surface area (Å²) in [5.74, 6) is 1.98. The van der Waals surface area contributed by atoms with Gasteiger partial charge < -0.3 is 24.1 Å². The Hall–Kier alpha value is -3.55. The second kappa shape index (κ2) is 9.09. The molecule has 0 aliphatic carbocycles. The second-order valence-electron chi connectivity index (χ2n) is 6.35. The highest BCUT2D eigenvalue weighted by molar-refractivity contribution is 5.94. The molecule has 1 N–H and O–H groups in total. The fourth-order valence-electron chi connectivity index (χ4n) is 2.74. The number of rotatable bonds is 8. The van der Waals surface area contributed by atoms with E-state index >= 15 is 0 Å². The van der Waals surface area contributed by atoms with E-state index in [1.165, 1.54) is 7.11 Å². The molecule has 0 bridgehead atoms. The SMILES string of the molecule is COc1cc(CNC(=O)c2ccc(OCc3c(C)noc3C)c(OC)c2)ccn1. The smallest absolute Gasteiger partial charge is 0.251 e. The quantitative estimate of drug-likeness (QED) is 0.623. The third-order valence-corrected chi connectivity index (χ3v) is 4.44. The van der Waals surface area contributed by atoms with Crippen LogP contribution >= 0.6 is 0 Å². The molecule has 0 atom stereocenters. The molecule has 0 fully saturated rings. The second-order valence-corrected chi connectivity index (χ2v) is 6.35. The molecule has 152 valence electrons. The molecule has 8 nitrogen and oxygen atoms in total. The van der Waals surface area contributed by atoms with Crippen molar-refractivity contribution >= 4 is 5.91 Å². The standard InChI is InChI=1S/C21H23N3O5/c1-13-17(14(2)29-24-13)12-28-18-6-5-16(10-19(18)26-3)21(25)23-11-15-7-8-22-20(9-15)27-4/h5-10H,11-12H2,1-4H3,(H,23,25). The maximum atomic E-state index is 12.5. The van der Waals surface area contributed by atoms with Crippen LogP contribution in [0.2, 0.25) is 0 Å². The summed E-state index contributed by atoms with van der Waals surface area (Å²) in [6.07, 6.45) is 1.63. The first-order valence-electron chi connectivity index (χ1n) is 9.01. The van der Waals surface area contributed by atoms with Crippen LogP contribution in [0.4, 0.5) is 0 Å². The third kappa shape index (κ3) is 4.84. The van der Waals surface area contributed by atoms with Crippen molar-refractivity contribution in [3.05, 3.63) is 64.7 Å². The summed E-state index contributed by atoms with van der Waals surface area (Å²) in [6.45, 7) is 4.34. The maximum Gasteiger partial charge on any atom is 0.251 e. The van der Waals surface area contributed by atoms with Gasteiger partial charge in [-0.1, -0.05) is 5.16 Å². The Labute approximate surface area is 168 Å².